The summed E-state index contributed by atoms with van der Waals surface area (Å²) in [7, 11) is 0. The first-order chi connectivity index (χ1) is 16.8. The molecule has 0 fully saturated rings. The van der Waals surface area contributed by atoms with Crippen LogP contribution in [0.5, 0.6) is 5.75 Å². The number of para-hydroxylation sites is 1. The monoisotopic (exact) mass is 477 g/mol. The number of ether oxygens (including phenoxy) is 1. The van der Waals surface area contributed by atoms with E-state index in [9.17, 15) is 19.5 Å². The standard InChI is InChI=1S/C26H27N3O6/c1-16(2)24(28-23(30)15-34-21-11-7-4-8-17(21)3)25(31)29-27-14-18-12-13-22(35-18)19-9-5-6-10-20(19)26(32)33/h4-14,16,24H,15H2,1-3H3,(H,28,30)(H,29,31)(H,32,33)/b27-14-/t24-/m0/s1. The Balaban J connectivity index is 1.58. The molecule has 9 heteroatoms. The van der Waals surface area contributed by atoms with Crippen LogP contribution in [0.15, 0.2) is 70.2 Å². The summed E-state index contributed by atoms with van der Waals surface area (Å²) in [6.45, 7) is 5.25. The second-order valence-corrected chi connectivity index (χ2v) is 8.13. The molecule has 35 heavy (non-hydrogen) atoms. The van der Waals surface area contributed by atoms with Gasteiger partial charge in [-0.25, -0.2) is 10.2 Å². The van der Waals surface area contributed by atoms with Gasteiger partial charge in [0.05, 0.1) is 11.8 Å². The Hall–Kier alpha value is -4.40. The van der Waals surface area contributed by atoms with Crippen LogP contribution in [-0.2, 0) is 9.59 Å². The summed E-state index contributed by atoms with van der Waals surface area (Å²) < 4.78 is 11.2. The largest absolute Gasteiger partial charge is 0.484 e. The number of aryl methyl sites for hydroxylation is 1. The number of nitrogens with zero attached hydrogens (tertiary/aromatic N) is 1. The third-order valence-corrected chi connectivity index (χ3v) is 5.13. The summed E-state index contributed by atoms with van der Waals surface area (Å²) in [6, 6.07) is 16.2. The number of rotatable bonds is 10. The van der Waals surface area contributed by atoms with Crippen LogP contribution in [0.2, 0.25) is 0 Å². The van der Waals surface area contributed by atoms with E-state index in [1.807, 2.05) is 25.1 Å². The van der Waals surface area contributed by atoms with Crippen molar-refractivity contribution < 1.29 is 28.6 Å². The number of carbonyl (C=O) groups is 3. The van der Waals surface area contributed by atoms with Gasteiger partial charge in [-0.3, -0.25) is 9.59 Å². The zero-order chi connectivity index (χ0) is 25.4. The van der Waals surface area contributed by atoms with Crippen molar-refractivity contribution in [2.45, 2.75) is 26.8 Å². The number of aromatic carboxylic acids is 1. The molecule has 0 saturated carbocycles. The summed E-state index contributed by atoms with van der Waals surface area (Å²) in [6.07, 6.45) is 1.30. The van der Waals surface area contributed by atoms with Gasteiger partial charge in [-0.1, -0.05) is 50.2 Å². The van der Waals surface area contributed by atoms with Crippen LogP contribution in [0, 0.1) is 12.8 Å². The molecule has 3 aromatic rings. The lowest BCUT2D eigenvalue weighted by molar-refractivity contribution is -0.131. The Morgan fingerprint density at radius 3 is 2.49 bits per heavy atom. The minimum Gasteiger partial charge on any atom is -0.484 e. The molecular formula is C26H27N3O6. The summed E-state index contributed by atoms with van der Waals surface area (Å²) >= 11 is 0. The highest BCUT2D eigenvalue weighted by molar-refractivity contribution is 5.95. The highest BCUT2D eigenvalue weighted by Gasteiger charge is 2.24. The first-order valence-electron chi connectivity index (χ1n) is 11.0. The second-order valence-electron chi connectivity index (χ2n) is 8.13. The highest BCUT2D eigenvalue weighted by atomic mass is 16.5. The van der Waals surface area contributed by atoms with E-state index in [4.69, 9.17) is 9.15 Å². The molecule has 0 aliphatic rings. The molecule has 0 saturated heterocycles. The maximum atomic E-state index is 12.6. The molecule has 2 amide bonds. The molecule has 0 radical (unpaired) electrons. The van der Waals surface area contributed by atoms with Gasteiger partial charge in [0.15, 0.2) is 6.61 Å². The predicted octanol–water partition coefficient (Wildman–Crippen LogP) is 3.62. The van der Waals surface area contributed by atoms with Gasteiger partial charge in [-0.15, -0.1) is 0 Å². The highest BCUT2D eigenvalue weighted by Crippen LogP contribution is 2.25. The Bertz CT molecular complexity index is 1230. The number of furan rings is 1. The van der Waals surface area contributed by atoms with E-state index >= 15 is 0 Å². The Morgan fingerprint density at radius 1 is 1.06 bits per heavy atom. The molecule has 0 unspecified atom stereocenters. The fourth-order valence-corrected chi connectivity index (χ4v) is 3.29. The zero-order valence-electron chi connectivity index (χ0n) is 19.6. The number of benzene rings is 2. The minimum absolute atomic E-state index is 0.112. The lowest BCUT2D eigenvalue weighted by atomic mass is 10.0. The van der Waals surface area contributed by atoms with Gasteiger partial charge in [0.25, 0.3) is 11.8 Å². The third kappa shape index (κ3) is 6.80. The SMILES string of the molecule is Cc1ccccc1OCC(=O)N[C@H](C(=O)N/N=C\c1ccc(-c2ccccc2C(=O)O)o1)C(C)C. The topological polar surface area (TPSA) is 130 Å². The average molecular weight is 478 g/mol. The van der Waals surface area contributed by atoms with Crippen LogP contribution in [0.4, 0.5) is 0 Å². The molecule has 1 aromatic heterocycles. The summed E-state index contributed by atoms with van der Waals surface area (Å²) in [4.78, 5) is 36.4. The van der Waals surface area contributed by atoms with Crippen molar-refractivity contribution in [2.75, 3.05) is 6.61 Å². The van der Waals surface area contributed by atoms with Crippen molar-refractivity contribution in [1.29, 1.82) is 0 Å². The molecular weight excluding hydrogens is 450 g/mol. The normalized spacial score (nSPS) is 11.9. The summed E-state index contributed by atoms with van der Waals surface area (Å²) in [5.41, 5.74) is 3.84. The summed E-state index contributed by atoms with van der Waals surface area (Å²) in [5.74, 6) is -0.918. The molecule has 182 valence electrons. The Morgan fingerprint density at radius 2 is 1.77 bits per heavy atom. The number of amides is 2. The van der Waals surface area contributed by atoms with Crippen molar-refractivity contribution in [3.63, 3.8) is 0 Å². The number of carbonyl (C=O) groups excluding carboxylic acids is 2. The van der Waals surface area contributed by atoms with Crippen LogP contribution < -0.4 is 15.5 Å². The Labute approximate surface area is 202 Å². The van der Waals surface area contributed by atoms with Gasteiger partial charge in [-0.05, 0) is 42.7 Å². The van der Waals surface area contributed by atoms with Crippen LogP contribution in [0.3, 0.4) is 0 Å². The van der Waals surface area contributed by atoms with E-state index in [-0.39, 0.29) is 18.1 Å². The molecule has 9 nitrogen and oxygen atoms in total. The molecule has 2 aromatic carbocycles. The average Bonchev–Trinajstić information content (AvgIpc) is 3.30. The van der Waals surface area contributed by atoms with Crippen molar-refractivity contribution in [2.24, 2.45) is 11.0 Å². The zero-order valence-corrected chi connectivity index (χ0v) is 19.6. The molecule has 0 spiro atoms. The first kappa shape index (κ1) is 25.2. The maximum Gasteiger partial charge on any atom is 0.336 e. The number of hydrazone groups is 1. The molecule has 0 aliphatic carbocycles. The molecule has 3 rings (SSSR count). The lowest BCUT2D eigenvalue weighted by Crippen LogP contribution is -2.49. The fourth-order valence-electron chi connectivity index (χ4n) is 3.29. The maximum absolute atomic E-state index is 12.6. The quantitative estimate of drug-likeness (QED) is 0.302. The van der Waals surface area contributed by atoms with Gasteiger partial charge in [0.2, 0.25) is 0 Å². The second kappa shape index (κ2) is 11.6. The number of nitrogens with one attached hydrogen (secondary N) is 2. The lowest BCUT2D eigenvalue weighted by Gasteiger charge is -2.20. The third-order valence-electron chi connectivity index (χ3n) is 5.13. The van der Waals surface area contributed by atoms with Crippen molar-refractivity contribution in [1.82, 2.24) is 10.7 Å². The number of hydrogen-bond acceptors (Lipinski definition) is 6. The van der Waals surface area contributed by atoms with E-state index < -0.39 is 23.8 Å². The van der Waals surface area contributed by atoms with Gasteiger partial charge in [-0.2, -0.15) is 5.10 Å². The first-order valence-corrected chi connectivity index (χ1v) is 11.0. The number of carboxylic acid groups (broad SMARTS) is 1. The fraction of sp³-hybridized carbons (Fsp3) is 0.231. The molecule has 3 N–H and O–H groups in total. The van der Waals surface area contributed by atoms with Crippen LogP contribution >= 0.6 is 0 Å². The minimum atomic E-state index is -1.06. The van der Waals surface area contributed by atoms with Crippen molar-refractivity contribution >= 4 is 24.0 Å². The molecule has 0 bridgehead atoms. The molecule has 1 atom stereocenters. The van der Waals surface area contributed by atoms with E-state index in [1.165, 1.54) is 12.3 Å². The Kier molecular flexibility index (Phi) is 8.39. The van der Waals surface area contributed by atoms with Crippen molar-refractivity contribution in [3.8, 4) is 17.1 Å². The molecule has 1 heterocycles. The van der Waals surface area contributed by atoms with Gasteiger partial charge in [0.1, 0.15) is 23.3 Å². The van der Waals surface area contributed by atoms with Crippen molar-refractivity contribution in [3.05, 3.63) is 77.6 Å². The van der Waals surface area contributed by atoms with Gasteiger partial charge < -0.3 is 19.6 Å². The van der Waals surface area contributed by atoms with Gasteiger partial charge in [0, 0.05) is 5.56 Å². The smallest absolute Gasteiger partial charge is 0.336 e. The van der Waals surface area contributed by atoms with Crippen LogP contribution in [0.25, 0.3) is 11.3 Å². The predicted molar refractivity (Wildman–Crippen MR) is 130 cm³/mol. The van der Waals surface area contributed by atoms with E-state index in [1.54, 1.807) is 50.2 Å². The van der Waals surface area contributed by atoms with E-state index in [0.29, 0.717) is 22.8 Å². The van der Waals surface area contributed by atoms with Crippen LogP contribution in [-0.4, -0.2) is 41.8 Å². The van der Waals surface area contributed by atoms with E-state index in [2.05, 4.69) is 15.8 Å². The number of hydrogen-bond donors (Lipinski definition) is 3. The van der Waals surface area contributed by atoms with Crippen LogP contribution in [0.1, 0.15) is 35.5 Å². The summed E-state index contributed by atoms with van der Waals surface area (Å²) in [5, 5.41) is 15.9. The molecule has 0 aliphatic heterocycles. The van der Waals surface area contributed by atoms with E-state index in [0.717, 1.165) is 5.56 Å². The van der Waals surface area contributed by atoms with Gasteiger partial charge >= 0.3 is 5.97 Å². The number of carboxylic acids is 1.